The quantitative estimate of drug-likeness (QED) is 0.249. The van der Waals surface area contributed by atoms with E-state index in [1.807, 2.05) is 18.2 Å². The predicted molar refractivity (Wildman–Crippen MR) is 131 cm³/mol. The van der Waals surface area contributed by atoms with Gasteiger partial charge in [0.15, 0.2) is 10.9 Å². The van der Waals surface area contributed by atoms with Crippen LogP contribution in [0.25, 0.3) is 0 Å². The second-order valence-corrected chi connectivity index (χ2v) is 8.94. The van der Waals surface area contributed by atoms with Gasteiger partial charge in [-0.1, -0.05) is 23.0 Å². The highest BCUT2D eigenvalue weighted by Crippen LogP contribution is 2.35. The van der Waals surface area contributed by atoms with Crippen LogP contribution in [0.2, 0.25) is 0 Å². The molecule has 3 rings (SSSR count). The van der Waals surface area contributed by atoms with E-state index >= 15 is 0 Å². The number of aliphatic imine (C=N–C) groups is 1. The van der Waals surface area contributed by atoms with E-state index in [9.17, 15) is 4.79 Å². The van der Waals surface area contributed by atoms with Crippen molar-refractivity contribution in [1.82, 2.24) is 10.3 Å². The van der Waals surface area contributed by atoms with Crippen molar-refractivity contribution in [3.63, 3.8) is 0 Å². The molecule has 1 aromatic heterocycles. The summed E-state index contributed by atoms with van der Waals surface area (Å²) >= 11 is 2.94. The molecule has 2 aromatic rings. The Morgan fingerprint density at radius 3 is 2.77 bits per heavy atom. The maximum absolute atomic E-state index is 12.7. The van der Waals surface area contributed by atoms with Crippen LogP contribution in [-0.4, -0.2) is 48.1 Å². The first-order chi connectivity index (χ1) is 14.8. The van der Waals surface area contributed by atoms with Gasteiger partial charge in [-0.15, -0.1) is 20.6 Å². The van der Waals surface area contributed by atoms with Crippen LogP contribution in [0.3, 0.4) is 0 Å². The number of amidine groups is 1. The summed E-state index contributed by atoms with van der Waals surface area (Å²) in [4.78, 5) is 35.3. The predicted octanol–water partition coefficient (Wildman–Crippen LogP) is 1.66. The van der Waals surface area contributed by atoms with Gasteiger partial charge in [-0.05, 0) is 36.3 Å². The zero-order chi connectivity index (χ0) is 22.9. The minimum absolute atomic E-state index is 0.123. The van der Waals surface area contributed by atoms with Crippen molar-refractivity contribution in [3.8, 4) is 0 Å². The molecule has 1 aliphatic rings. The highest BCUT2D eigenvalue weighted by molar-refractivity contribution is 8.13. The lowest BCUT2D eigenvalue weighted by Gasteiger charge is -2.31. The van der Waals surface area contributed by atoms with E-state index in [1.165, 1.54) is 18.4 Å². The van der Waals surface area contributed by atoms with Crippen LogP contribution in [0, 0.1) is 0 Å². The SMILES string of the molecule is CNC=O.CO/N=C(\C(=O)Nc1ccc(P)c(C2(C)CCSC(N)=N2)c1)c1cscn1. The first-order valence-corrected chi connectivity index (χ1v) is 11.6. The van der Waals surface area contributed by atoms with Crippen LogP contribution < -0.4 is 21.7 Å². The molecule has 12 heteroatoms. The van der Waals surface area contributed by atoms with Gasteiger partial charge in [-0.2, -0.15) is 0 Å². The molecular formula is C19H25N6O3PS2. The molecule has 0 radical (unpaired) electrons. The Hall–Kier alpha value is -2.49. The average molecular weight is 481 g/mol. The van der Waals surface area contributed by atoms with E-state index in [0.717, 1.165) is 23.0 Å². The van der Waals surface area contributed by atoms with E-state index < -0.39 is 11.4 Å². The Bertz CT molecular complexity index is 968. The summed E-state index contributed by atoms with van der Waals surface area (Å²) in [5.41, 5.74) is 9.40. The topological polar surface area (TPSA) is 131 Å². The van der Waals surface area contributed by atoms with Gasteiger partial charge in [0.25, 0.3) is 5.91 Å². The van der Waals surface area contributed by atoms with Crippen molar-refractivity contribution in [1.29, 1.82) is 0 Å². The lowest BCUT2D eigenvalue weighted by atomic mass is 9.89. The molecule has 4 N–H and O–H groups in total. The number of hydrogen-bond acceptors (Lipinski definition) is 9. The highest BCUT2D eigenvalue weighted by atomic mass is 32.2. The summed E-state index contributed by atoms with van der Waals surface area (Å²) in [7, 11) is 5.68. The molecule has 0 spiro atoms. The normalized spacial score (nSPS) is 18.2. The number of amides is 2. The number of nitrogens with one attached hydrogen (secondary N) is 2. The molecule has 31 heavy (non-hydrogen) atoms. The number of hydrogen-bond donors (Lipinski definition) is 3. The number of carbonyl (C=O) groups is 2. The number of nitrogens with zero attached hydrogens (tertiary/aromatic N) is 3. The first kappa shape index (κ1) is 24.8. The van der Waals surface area contributed by atoms with Gasteiger partial charge in [-0.25, -0.2) is 4.98 Å². The second-order valence-electron chi connectivity index (χ2n) is 6.48. The Kier molecular flexibility index (Phi) is 9.42. The van der Waals surface area contributed by atoms with Crippen molar-refractivity contribution in [2.45, 2.75) is 18.9 Å². The molecule has 2 unspecified atom stereocenters. The molecule has 2 amide bonds. The smallest absolute Gasteiger partial charge is 0.280 e. The number of nitrogens with two attached hydrogens (primary N) is 1. The number of rotatable bonds is 6. The molecule has 2 heterocycles. The molecule has 0 saturated carbocycles. The highest BCUT2D eigenvalue weighted by Gasteiger charge is 2.31. The fraction of sp³-hybridized carbons (Fsp3) is 0.316. The van der Waals surface area contributed by atoms with Crippen LogP contribution in [0.4, 0.5) is 5.69 Å². The Balaban J connectivity index is 0.000000785. The number of aromatic nitrogens is 1. The molecule has 1 aliphatic heterocycles. The van der Waals surface area contributed by atoms with Gasteiger partial charge in [0.2, 0.25) is 6.41 Å². The van der Waals surface area contributed by atoms with Crippen LogP contribution >= 0.6 is 32.3 Å². The zero-order valence-corrected chi connectivity index (χ0v) is 20.2. The minimum atomic E-state index is -0.425. The molecule has 0 aliphatic carbocycles. The van der Waals surface area contributed by atoms with Crippen LogP contribution in [0.1, 0.15) is 24.6 Å². The van der Waals surface area contributed by atoms with Gasteiger partial charge in [0.05, 0.1) is 11.0 Å². The standard InChI is InChI=1S/C17H20N5O2PS2.C2H5NO/c1-17(5-6-27-16(18)21-17)11-7-10(3-4-13(11)25)20-15(23)14(22-24-2)12-8-26-9-19-12;1-3-2-4/h3-4,7-9H,5-6,25H2,1-2H3,(H2,18,21)(H,20,23);2H,1H3,(H,3,4)/b22-14-;. The number of thiazole rings is 1. The second kappa shape index (κ2) is 11.8. The molecular weight excluding hydrogens is 455 g/mol. The Morgan fingerprint density at radius 2 is 2.19 bits per heavy atom. The number of oxime groups is 1. The monoisotopic (exact) mass is 480 g/mol. The van der Waals surface area contributed by atoms with Gasteiger partial charge in [0.1, 0.15) is 12.8 Å². The molecule has 2 atom stereocenters. The summed E-state index contributed by atoms with van der Waals surface area (Å²) < 4.78 is 0. The first-order valence-electron chi connectivity index (χ1n) is 9.14. The van der Waals surface area contributed by atoms with Crippen LogP contribution in [-0.2, 0) is 20.0 Å². The van der Waals surface area contributed by atoms with E-state index in [-0.39, 0.29) is 5.71 Å². The van der Waals surface area contributed by atoms with Crippen molar-refractivity contribution in [3.05, 3.63) is 40.3 Å². The van der Waals surface area contributed by atoms with Gasteiger partial charge < -0.3 is 21.2 Å². The van der Waals surface area contributed by atoms with Crippen LogP contribution in [0.5, 0.6) is 0 Å². The average Bonchev–Trinajstić information content (AvgIpc) is 3.27. The van der Waals surface area contributed by atoms with Gasteiger partial charge in [-0.3, -0.25) is 14.6 Å². The summed E-state index contributed by atoms with van der Waals surface area (Å²) in [6, 6.07) is 5.70. The molecule has 166 valence electrons. The van der Waals surface area contributed by atoms with Gasteiger partial charge in [0, 0.05) is 23.9 Å². The molecule has 1 aromatic carbocycles. The molecule has 0 saturated heterocycles. The maximum atomic E-state index is 12.7. The Labute approximate surface area is 191 Å². The minimum Gasteiger partial charge on any atom is -0.398 e. The van der Waals surface area contributed by atoms with E-state index in [4.69, 9.17) is 15.4 Å². The van der Waals surface area contributed by atoms with E-state index in [1.54, 1.807) is 29.7 Å². The third-order valence-corrected chi connectivity index (χ3v) is 6.16. The summed E-state index contributed by atoms with van der Waals surface area (Å²) in [5.74, 6) is 0.513. The van der Waals surface area contributed by atoms with Crippen LogP contribution in [0.15, 0.2) is 39.2 Å². The number of thioether (sulfide) groups is 1. The number of anilines is 1. The fourth-order valence-corrected chi connectivity index (χ4v) is 4.80. The van der Waals surface area contributed by atoms with E-state index in [2.05, 4.69) is 41.9 Å². The van der Waals surface area contributed by atoms with Crippen molar-refractivity contribution < 1.29 is 14.4 Å². The summed E-state index contributed by atoms with van der Waals surface area (Å²) in [5, 5.41) is 12.3. The fourth-order valence-electron chi connectivity index (χ4n) is 2.80. The van der Waals surface area contributed by atoms with E-state index in [0.29, 0.717) is 23.0 Å². The Morgan fingerprint density at radius 1 is 1.45 bits per heavy atom. The summed E-state index contributed by atoms with van der Waals surface area (Å²) in [6.07, 6.45) is 1.49. The van der Waals surface area contributed by atoms with Crippen molar-refractivity contribution in [2.24, 2.45) is 15.9 Å². The number of benzene rings is 1. The molecule has 9 nitrogen and oxygen atoms in total. The third-order valence-electron chi connectivity index (χ3n) is 4.28. The lowest BCUT2D eigenvalue weighted by Crippen LogP contribution is -2.32. The van der Waals surface area contributed by atoms with Gasteiger partial charge >= 0.3 is 0 Å². The summed E-state index contributed by atoms with van der Waals surface area (Å²) in [6.45, 7) is 2.06. The molecule has 0 bridgehead atoms. The number of carbonyl (C=O) groups excluding carboxylic acids is 2. The van der Waals surface area contributed by atoms with Crippen molar-refractivity contribution in [2.75, 3.05) is 25.2 Å². The molecule has 0 fully saturated rings. The maximum Gasteiger partial charge on any atom is 0.280 e. The largest absolute Gasteiger partial charge is 0.398 e. The third kappa shape index (κ3) is 6.75. The lowest BCUT2D eigenvalue weighted by molar-refractivity contribution is -0.110. The zero-order valence-electron chi connectivity index (χ0n) is 17.4. The van der Waals surface area contributed by atoms with Crippen molar-refractivity contribution >= 4 is 66.5 Å².